The summed E-state index contributed by atoms with van der Waals surface area (Å²) in [4.78, 5) is 38.4. The monoisotopic (exact) mass is 522 g/mol. The lowest BCUT2D eigenvalue weighted by Crippen LogP contribution is -2.36. The van der Waals surface area contributed by atoms with E-state index in [-0.39, 0.29) is 11.4 Å². The van der Waals surface area contributed by atoms with Gasteiger partial charge in [0.15, 0.2) is 0 Å². The Labute approximate surface area is 203 Å². The van der Waals surface area contributed by atoms with Crippen LogP contribution < -0.4 is 16.1 Å². The second-order valence-electron chi connectivity index (χ2n) is 7.41. The number of nitrogens with zero attached hydrogens (tertiary/aromatic N) is 1. The molecule has 1 aromatic heterocycles. The number of para-hydroxylation sites is 2. The fourth-order valence-corrected chi connectivity index (χ4v) is 3.88. The van der Waals surface area contributed by atoms with E-state index in [0.717, 1.165) is 10.0 Å². The second kappa shape index (κ2) is 9.88. The number of halogens is 2. The van der Waals surface area contributed by atoms with Crippen LogP contribution in [0.4, 0.5) is 15.8 Å². The number of hydrogen-bond acceptors (Lipinski definition) is 3. The number of aryl methyl sites for hydroxylation is 1. The quantitative estimate of drug-likeness (QED) is 0.319. The van der Waals surface area contributed by atoms with Crippen LogP contribution >= 0.6 is 15.9 Å². The molecule has 0 saturated carbocycles. The van der Waals surface area contributed by atoms with E-state index in [1.807, 2.05) is 19.1 Å². The highest BCUT2D eigenvalue weighted by atomic mass is 79.9. The maximum atomic E-state index is 14.1. The van der Waals surface area contributed by atoms with Crippen molar-refractivity contribution in [2.24, 2.45) is 0 Å². The first-order chi connectivity index (χ1) is 16.4. The molecule has 0 saturated heterocycles. The normalized spacial score (nSPS) is 10.7. The molecule has 1 heterocycles. The van der Waals surface area contributed by atoms with E-state index in [0.29, 0.717) is 23.0 Å². The van der Waals surface area contributed by atoms with Crippen molar-refractivity contribution in [2.75, 3.05) is 16.1 Å². The third-order valence-electron chi connectivity index (χ3n) is 5.18. The van der Waals surface area contributed by atoms with Gasteiger partial charge in [-0.05, 0) is 54.4 Å². The van der Waals surface area contributed by atoms with Crippen LogP contribution in [-0.4, -0.2) is 22.4 Å². The van der Waals surface area contributed by atoms with Gasteiger partial charge >= 0.3 is 11.8 Å². The van der Waals surface area contributed by atoms with Gasteiger partial charge in [0, 0.05) is 15.5 Å². The Bertz CT molecular complexity index is 1420. The molecule has 4 rings (SSSR count). The minimum absolute atomic E-state index is 0.00858. The molecule has 0 fully saturated rings. The average Bonchev–Trinajstić information content (AvgIpc) is 3.18. The van der Waals surface area contributed by atoms with Gasteiger partial charge in [-0.1, -0.05) is 53.2 Å². The number of fused-ring (bicyclic) bond motifs is 1. The highest BCUT2D eigenvalue weighted by molar-refractivity contribution is 9.10. The van der Waals surface area contributed by atoms with Gasteiger partial charge in [0.1, 0.15) is 11.5 Å². The Kier molecular flexibility index (Phi) is 6.74. The molecule has 0 radical (unpaired) electrons. The summed E-state index contributed by atoms with van der Waals surface area (Å²) in [5.74, 6) is -3.11. The summed E-state index contributed by atoms with van der Waals surface area (Å²) in [6.45, 7) is 1.94. The molecule has 34 heavy (non-hydrogen) atoms. The Balaban J connectivity index is 1.64. The zero-order valence-electron chi connectivity index (χ0n) is 18.1. The lowest BCUT2D eigenvalue weighted by molar-refractivity contribution is -0.133. The average molecular weight is 523 g/mol. The SMILES string of the molecule is CCc1ccccc1NC(=O)C(=O)Nn1c(C(=O)Nc2ccccc2F)cc2cc(Br)ccc21. The molecule has 3 N–H and O–H groups in total. The first kappa shape index (κ1) is 23.2. The highest BCUT2D eigenvalue weighted by Crippen LogP contribution is 2.24. The van der Waals surface area contributed by atoms with Crippen LogP contribution in [0.2, 0.25) is 0 Å². The van der Waals surface area contributed by atoms with Gasteiger partial charge in [-0.25, -0.2) is 9.07 Å². The fourth-order valence-electron chi connectivity index (χ4n) is 3.50. The molecule has 3 aromatic carbocycles. The van der Waals surface area contributed by atoms with E-state index in [1.54, 1.807) is 42.5 Å². The second-order valence-corrected chi connectivity index (χ2v) is 8.32. The van der Waals surface area contributed by atoms with Gasteiger partial charge in [-0.3, -0.25) is 19.8 Å². The van der Waals surface area contributed by atoms with E-state index in [9.17, 15) is 18.8 Å². The molecule has 0 aliphatic carbocycles. The molecule has 172 valence electrons. The van der Waals surface area contributed by atoms with Crippen molar-refractivity contribution in [2.45, 2.75) is 13.3 Å². The van der Waals surface area contributed by atoms with Crippen molar-refractivity contribution in [1.82, 2.24) is 4.68 Å². The molecule has 0 aliphatic rings. The molecule has 3 amide bonds. The molecule has 0 aliphatic heterocycles. The third kappa shape index (κ3) is 4.84. The number of carbonyl (C=O) groups is 3. The molecule has 0 spiro atoms. The lowest BCUT2D eigenvalue weighted by atomic mass is 10.1. The summed E-state index contributed by atoms with van der Waals surface area (Å²) in [7, 11) is 0. The van der Waals surface area contributed by atoms with Crippen molar-refractivity contribution in [1.29, 1.82) is 0 Å². The van der Waals surface area contributed by atoms with Gasteiger partial charge in [0.05, 0.1) is 11.2 Å². The van der Waals surface area contributed by atoms with Crippen molar-refractivity contribution in [3.05, 3.63) is 94.3 Å². The van der Waals surface area contributed by atoms with E-state index in [1.165, 1.54) is 22.9 Å². The molecule has 4 aromatic rings. The summed E-state index contributed by atoms with van der Waals surface area (Å²) < 4.78 is 16.0. The van der Waals surface area contributed by atoms with E-state index < -0.39 is 23.5 Å². The Morgan fingerprint density at radius 2 is 1.59 bits per heavy atom. The van der Waals surface area contributed by atoms with Crippen LogP contribution in [0.1, 0.15) is 23.0 Å². The predicted octanol–water partition coefficient (Wildman–Crippen LogP) is 5.07. The molecule has 0 unspecified atom stereocenters. The van der Waals surface area contributed by atoms with Gasteiger partial charge in [0.2, 0.25) is 0 Å². The van der Waals surface area contributed by atoms with Crippen LogP contribution in [0.3, 0.4) is 0 Å². The van der Waals surface area contributed by atoms with Crippen LogP contribution in [0.25, 0.3) is 10.9 Å². The number of hydrogen-bond donors (Lipinski definition) is 3. The number of carbonyl (C=O) groups excluding carboxylic acids is 3. The van der Waals surface area contributed by atoms with Crippen molar-refractivity contribution in [3.8, 4) is 0 Å². The molecule has 9 heteroatoms. The summed E-state index contributed by atoms with van der Waals surface area (Å²) in [6.07, 6.45) is 0.676. The number of rotatable bonds is 5. The standard InChI is InChI=1S/C25H20BrFN4O3/c1-2-15-7-3-5-9-19(15)28-24(33)25(34)30-31-21-12-11-17(26)13-16(21)14-22(31)23(32)29-20-10-6-4-8-18(20)27/h3-14H,2H2,1H3,(H,28,33)(H,29,32)(H,30,34). The van der Waals surface area contributed by atoms with Crippen LogP contribution in [0.5, 0.6) is 0 Å². The molecule has 0 atom stereocenters. The number of amides is 3. The lowest BCUT2D eigenvalue weighted by Gasteiger charge is -2.14. The summed E-state index contributed by atoms with van der Waals surface area (Å²) >= 11 is 3.38. The fraction of sp³-hybridized carbons (Fsp3) is 0.0800. The van der Waals surface area contributed by atoms with Crippen LogP contribution in [0, 0.1) is 5.82 Å². The van der Waals surface area contributed by atoms with Crippen molar-refractivity contribution >= 4 is 55.9 Å². The summed E-state index contributed by atoms with van der Waals surface area (Å²) in [5, 5.41) is 5.74. The van der Waals surface area contributed by atoms with E-state index >= 15 is 0 Å². The highest BCUT2D eigenvalue weighted by Gasteiger charge is 2.22. The third-order valence-corrected chi connectivity index (χ3v) is 5.68. The first-order valence-corrected chi connectivity index (χ1v) is 11.2. The zero-order chi connectivity index (χ0) is 24.2. The molecule has 7 nitrogen and oxygen atoms in total. The number of anilines is 2. The Morgan fingerprint density at radius 3 is 2.32 bits per heavy atom. The van der Waals surface area contributed by atoms with E-state index in [2.05, 4.69) is 32.0 Å². The topological polar surface area (TPSA) is 92.2 Å². The minimum atomic E-state index is -0.966. The number of aromatic nitrogens is 1. The van der Waals surface area contributed by atoms with E-state index in [4.69, 9.17) is 0 Å². The van der Waals surface area contributed by atoms with Crippen molar-refractivity contribution < 1.29 is 18.8 Å². The summed E-state index contributed by atoms with van der Waals surface area (Å²) in [5.41, 5.74) is 4.39. The predicted molar refractivity (Wildman–Crippen MR) is 133 cm³/mol. The minimum Gasteiger partial charge on any atom is -0.318 e. The molecular weight excluding hydrogens is 503 g/mol. The van der Waals surface area contributed by atoms with Gasteiger partial charge in [0.25, 0.3) is 5.91 Å². The molecular formula is C25H20BrFN4O3. The Hall–Kier alpha value is -3.98. The molecule has 0 bridgehead atoms. The maximum Gasteiger partial charge on any atom is 0.328 e. The van der Waals surface area contributed by atoms with Crippen LogP contribution in [-0.2, 0) is 16.0 Å². The Morgan fingerprint density at radius 1 is 0.882 bits per heavy atom. The maximum absolute atomic E-state index is 14.1. The number of benzene rings is 3. The summed E-state index contributed by atoms with van der Waals surface area (Å²) in [6, 6.07) is 19.6. The van der Waals surface area contributed by atoms with Gasteiger partial charge in [-0.2, -0.15) is 0 Å². The smallest absolute Gasteiger partial charge is 0.318 e. The number of nitrogens with one attached hydrogen (secondary N) is 3. The van der Waals surface area contributed by atoms with Crippen molar-refractivity contribution in [3.63, 3.8) is 0 Å². The van der Waals surface area contributed by atoms with Gasteiger partial charge in [-0.15, -0.1) is 0 Å². The first-order valence-electron chi connectivity index (χ1n) is 10.4. The van der Waals surface area contributed by atoms with Crippen LogP contribution in [0.15, 0.2) is 77.3 Å². The largest absolute Gasteiger partial charge is 0.328 e. The zero-order valence-corrected chi connectivity index (χ0v) is 19.6. The van der Waals surface area contributed by atoms with Gasteiger partial charge < -0.3 is 10.6 Å².